The molecule has 1 aromatic heterocycles. The second-order valence-corrected chi connectivity index (χ2v) is 5.36. The van der Waals surface area contributed by atoms with Gasteiger partial charge in [0.1, 0.15) is 11.8 Å². The number of carboxylic acids is 1. The van der Waals surface area contributed by atoms with Gasteiger partial charge < -0.3 is 14.4 Å². The molecule has 5 nitrogen and oxygen atoms in total. The predicted molar refractivity (Wildman–Crippen MR) is 67.6 cm³/mol. The molecule has 1 aromatic rings. The monoisotopic (exact) mass is 269 g/mol. The number of hydrogen-bond acceptors (Lipinski definition) is 4. The van der Waals surface area contributed by atoms with Gasteiger partial charge in [-0.15, -0.1) is 11.8 Å². The fourth-order valence-corrected chi connectivity index (χ4v) is 3.43. The largest absolute Gasteiger partial charge is 0.480 e. The maximum atomic E-state index is 12.4. The highest BCUT2D eigenvalue weighted by Gasteiger charge is 2.41. The molecule has 1 aliphatic heterocycles. The first kappa shape index (κ1) is 13.0. The summed E-state index contributed by atoms with van der Waals surface area (Å²) in [5.41, 5.74) is 0.446. The summed E-state index contributed by atoms with van der Waals surface area (Å²) < 4.78 is 5.11. The predicted octanol–water partition coefficient (Wildman–Crippen LogP) is 1.97. The molecule has 2 unspecified atom stereocenters. The second kappa shape index (κ2) is 5.06. The maximum absolute atomic E-state index is 12.4. The van der Waals surface area contributed by atoms with Gasteiger partial charge in [-0.1, -0.05) is 6.92 Å². The molecular weight excluding hydrogens is 254 g/mol. The Kier molecular flexibility index (Phi) is 3.65. The zero-order valence-corrected chi connectivity index (χ0v) is 11.1. The highest BCUT2D eigenvalue weighted by atomic mass is 32.2. The van der Waals surface area contributed by atoms with Crippen molar-refractivity contribution in [3.8, 4) is 0 Å². The maximum Gasteiger partial charge on any atom is 0.327 e. The van der Waals surface area contributed by atoms with Crippen molar-refractivity contribution in [3.05, 3.63) is 23.7 Å². The van der Waals surface area contributed by atoms with E-state index in [2.05, 4.69) is 0 Å². The van der Waals surface area contributed by atoms with Crippen molar-refractivity contribution in [3.63, 3.8) is 0 Å². The van der Waals surface area contributed by atoms with Gasteiger partial charge in [0.15, 0.2) is 0 Å². The average Bonchev–Trinajstić information content (AvgIpc) is 2.93. The fraction of sp³-hybridized carbons (Fsp3) is 0.500. The number of carboxylic acid groups (broad SMARTS) is 1. The minimum absolute atomic E-state index is 0.0760. The number of carbonyl (C=O) groups excluding carboxylic acids is 1. The quantitative estimate of drug-likeness (QED) is 0.908. The number of carbonyl (C=O) groups is 2. The number of thioether (sulfide) groups is 1. The van der Waals surface area contributed by atoms with Crippen LogP contribution in [0, 0.1) is 6.92 Å². The van der Waals surface area contributed by atoms with Crippen LogP contribution in [0.5, 0.6) is 0 Å². The van der Waals surface area contributed by atoms with Crippen molar-refractivity contribution in [1.82, 2.24) is 4.90 Å². The first-order valence-electron chi connectivity index (χ1n) is 5.77. The normalized spacial score (nSPS) is 23.3. The third kappa shape index (κ3) is 2.12. The molecule has 6 heteroatoms. The lowest BCUT2D eigenvalue weighted by Gasteiger charge is -2.26. The van der Waals surface area contributed by atoms with Crippen LogP contribution in [0.25, 0.3) is 0 Å². The van der Waals surface area contributed by atoms with E-state index in [4.69, 9.17) is 4.42 Å². The van der Waals surface area contributed by atoms with Gasteiger partial charge in [0.05, 0.1) is 17.2 Å². The van der Waals surface area contributed by atoms with Gasteiger partial charge in [0.2, 0.25) is 0 Å². The Bertz CT molecular complexity index is 470. The summed E-state index contributed by atoms with van der Waals surface area (Å²) in [7, 11) is 0. The fourth-order valence-electron chi connectivity index (χ4n) is 2.09. The van der Waals surface area contributed by atoms with Crippen LogP contribution in [0.15, 0.2) is 16.7 Å². The lowest BCUT2D eigenvalue weighted by molar-refractivity contribution is -0.141. The molecule has 98 valence electrons. The van der Waals surface area contributed by atoms with Gasteiger partial charge in [-0.3, -0.25) is 4.79 Å². The van der Waals surface area contributed by atoms with Crippen LogP contribution in [0.3, 0.4) is 0 Å². The Morgan fingerprint density at radius 1 is 1.61 bits per heavy atom. The van der Waals surface area contributed by atoms with Crippen LogP contribution < -0.4 is 0 Å². The molecule has 2 heterocycles. The standard InChI is InChI=1S/C12H15NO4S/c1-3-10-13(9(6-18-10)12(15)16)11(14)8-4-5-17-7(8)2/h4-5,9-10H,3,6H2,1-2H3,(H,15,16). The van der Waals surface area contributed by atoms with E-state index in [1.165, 1.54) is 22.9 Å². The SMILES string of the molecule is CCC1SCC(C(=O)O)N1C(=O)c1ccoc1C. The third-order valence-corrected chi connectivity index (χ3v) is 4.50. The zero-order chi connectivity index (χ0) is 13.3. The van der Waals surface area contributed by atoms with Crippen LogP contribution in [-0.2, 0) is 4.79 Å². The van der Waals surface area contributed by atoms with Gasteiger partial charge >= 0.3 is 5.97 Å². The topological polar surface area (TPSA) is 70.8 Å². The van der Waals surface area contributed by atoms with Gasteiger partial charge in [-0.2, -0.15) is 0 Å². The molecule has 0 bridgehead atoms. The van der Waals surface area contributed by atoms with E-state index in [1.807, 2.05) is 6.92 Å². The molecule has 0 aliphatic carbocycles. The van der Waals surface area contributed by atoms with Crippen LogP contribution in [0.2, 0.25) is 0 Å². The summed E-state index contributed by atoms with van der Waals surface area (Å²) in [6, 6.07) is 0.841. The van der Waals surface area contributed by atoms with Gasteiger partial charge in [-0.05, 0) is 19.4 Å². The number of aliphatic carboxylic acids is 1. The van der Waals surface area contributed by atoms with Crippen molar-refractivity contribution in [2.75, 3.05) is 5.75 Å². The molecular formula is C12H15NO4S. The number of nitrogens with zero attached hydrogens (tertiary/aromatic N) is 1. The zero-order valence-electron chi connectivity index (χ0n) is 10.3. The smallest absolute Gasteiger partial charge is 0.327 e. The van der Waals surface area contributed by atoms with Gasteiger partial charge in [0.25, 0.3) is 5.91 Å². The lowest BCUT2D eigenvalue weighted by Crippen LogP contribution is -2.45. The summed E-state index contributed by atoms with van der Waals surface area (Å²) in [6.07, 6.45) is 2.18. The Labute approximate surface area is 109 Å². The first-order valence-corrected chi connectivity index (χ1v) is 6.82. The average molecular weight is 269 g/mol. The van der Waals surface area contributed by atoms with E-state index in [0.29, 0.717) is 17.1 Å². The van der Waals surface area contributed by atoms with Gasteiger partial charge in [-0.25, -0.2) is 4.79 Å². The Hall–Kier alpha value is -1.43. The number of rotatable bonds is 3. The molecule has 0 saturated carbocycles. The van der Waals surface area contributed by atoms with Crippen LogP contribution >= 0.6 is 11.8 Å². The molecule has 0 radical (unpaired) electrons. The molecule has 0 spiro atoms. The van der Waals surface area contributed by atoms with Crippen molar-refractivity contribution in [2.24, 2.45) is 0 Å². The molecule has 2 rings (SSSR count). The van der Waals surface area contributed by atoms with E-state index in [9.17, 15) is 14.7 Å². The third-order valence-electron chi connectivity index (χ3n) is 3.05. The van der Waals surface area contributed by atoms with E-state index in [1.54, 1.807) is 13.0 Å². The lowest BCUT2D eigenvalue weighted by atomic mass is 10.2. The van der Waals surface area contributed by atoms with Crippen LogP contribution in [0.4, 0.5) is 0 Å². The highest BCUT2D eigenvalue weighted by Crippen LogP contribution is 2.33. The minimum Gasteiger partial charge on any atom is -0.480 e. The molecule has 1 saturated heterocycles. The Morgan fingerprint density at radius 3 is 2.83 bits per heavy atom. The van der Waals surface area contributed by atoms with Crippen molar-refractivity contribution < 1.29 is 19.1 Å². The molecule has 1 aliphatic rings. The van der Waals surface area contributed by atoms with E-state index in [0.717, 1.165) is 6.42 Å². The summed E-state index contributed by atoms with van der Waals surface area (Å²) in [6.45, 7) is 3.65. The molecule has 0 aromatic carbocycles. The summed E-state index contributed by atoms with van der Waals surface area (Å²) in [4.78, 5) is 25.1. The molecule has 18 heavy (non-hydrogen) atoms. The van der Waals surface area contributed by atoms with Crippen molar-refractivity contribution in [1.29, 1.82) is 0 Å². The Balaban J connectivity index is 2.30. The van der Waals surface area contributed by atoms with Crippen molar-refractivity contribution in [2.45, 2.75) is 31.7 Å². The van der Waals surface area contributed by atoms with Crippen LogP contribution in [0.1, 0.15) is 29.5 Å². The summed E-state index contributed by atoms with van der Waals surface area (Å²) in [5.74, 6) is -0.245. The molecule has 2 atom stereocenters. The number of furan rings is 1. The van der Waals surface area contributed by atoms with E-state index < -0.39 is 12.0 Å². The summed E-state index contributed by atoms with van der Waals surface area (Å²) in [5, 5.41) is 9.11. The minimum atomic E-state index is -0.951. The second-order valence-electron chi connectivity index (χ2n) is 4.15. The summed E-state index contributed by atoms with van der Waals surface area (Å²) >= 11 is 1.51. The van der Waals surface area contributed by atoms with Crippen LogP contribution in [-0.4, -0.2) is 39.1 Å². The molecule has 1 fully saturated rings. The Morgan fingerprint density at radius 2 is 2.33 bits per heavy atom. The number of hydrogen-bond donors (Lipinski definition) is 1. The highest BCUT2D eigenvalue weighted by molar-refractivity contribution is 8.00. The van der Waals surface area contributed by atoms with Gasteiger partial charge in [0, 0.05) is 5.75 Å². The number of aryl methyl sites for hydroxylation is 1. The molecule has 1 N–H and O–H groups in total. The molecule has 1 amide bonds. The van der Waals surface area contributed by atoms with E-state index in [-0.39, 0.29) is 11.3 Å². The first-order chi connectivity index (χ1) is 8.56. The van der Waals surface area contributed by atoms with Crippen molar-refractivity contribution >= 4 is 23.6 Å². The van der Waals surface area contributed by atoms with E-state index >= 15 is 0 Å². The number of amides is 1.